The van der Waals surface area contributed by atoms with Crippen LogP contribution in [0.25, 0.3) is 0 Å². The maximum Gasteiger partial charge on any atom is 0.340 e. The summed E-state index contributed by atoms with van der Waals surface area (Å²) in [5.74, 6) is -0.541. The van der Waals surface area contributed by atoms with Gasteiger partial charge in [0.1, 0.15) is 0 Å². The molecule has 0 spiro atoms. The van der Waals surface area contributed by atoms with Crippen LogP contribution >= 0.6 is 11.6 Å². The summed E-state index contributed by atoms with van der Waals surface area (Å²) in [7, 11) is 0. The molecule has 0 fully saturated rings. The maximum atomic E-state index is 11.9. The van der Waals surface area contributed by atoms with E-state index in [0.29, 0.717) is 16.6 Å². The Morgan fingerprint density at radius 2 is 1.79 bits per heavy atom. The van der Waals surface area contributed by atoms with Gasteiger partial charge in [0.15, 0.2) is 6.61 Å². The van der Waals surface area contributed by atoms with E-state index in [2.05, 4.69) is 19.2 Å². The molecule has 1 atom stereocenters. The van der Waals surface area contributed by atoms with Crippen molar-refractivity contribution in [2.75, 3.05) is 11.9 Å². The van der Waals surface area contributed by atoms with Crippen LogP contribution in [0.4, 0.5) is 5.69 Å². The molecule has 2 aromatic carbocycles. The number of hydrogen-bond donors (Lipinski definition) is 1. The number of carbonyl (C=O) groups excluding carboxylic acids is 2. The van der Waals surface area contributed by atoms with E-state index in [0.717, 1.165) is 6.42 Å². The molecule has 0 aliphatic heterocycles. The summed E-state index contributed by atoms with van der Waals surface area (Å²) in [6.45, 7) is 3.92. The summed E-state index contributed by atoms with van der Waals surface area (Å²) in [6, 6.07) is 14.2. The van der Waals surface area contributed by atoms with Gasteiger partial charge in [0.2, 0.25) is 0 Å². The molecule has 0 aliphatic carbocycles. The van der Waals surface area contributed by atoms with Crippen molar-refractivity contribution in [2.45, 2.75) is 26.2 Å². The molecular weight excluding hydrogens is 326 g/mol. The fourth-order valence-corrected chi connectivity index (χ4v) is 2.38. The van der Waals surface area contributed by atoms with E-state index in [1.54, 1.807) is 24.3 Å². The van der Waals surface area contributed by atoms with E-state index in [1.807, 2.05) is 24.3 Å². The van der Waals surface area contributed by atoms with E-state index < -0.39 is 11.9 Å². The van der Waals surface area contributed by atoms with Crippen LogP contribution in [0.2, 0.25) is 5.02 Å². The Bertz CT molecular complexity index is 713. The lowest BCUT2D eigenvalue weighted by Gasteiger charge is -2.11. The number of anilines is 1. The van der Waals surface area contributed by atoms with Crippen LogP contribution in [-0.2, 0) is 9.53 Å². The lowest BCUT2D eigenvalue weighted by Crippen LogP contribution is -2.21. The molecule has 24 heavy (non-hydrogen) atoms. The smallest absolute Gasteiger partial charge is 0.340 e. The van der Waals surface area contributed by atoms with Crippen LogP contribution < -0.4 is 5.32 Å². The Kier molecular flexibility index (Phi) is 6.38. The predicted molar refractivity (Wildman–Crippen MR) is 95.5 cm³/mol. The Balaban J connectivity index is 1.87. The molecule has 0 heterocycles. The fourth-order valence-electron chi connectivity index (χ4n) is 2.16. The third-order valence-electron chi connectivity index (χ3n) is 3.80. The number of carbonyl (C=O) groups is 2. The van der Waals surface area contributed by atoms with E-state index in [9.17, 15) is 9.59 Å². The van der Waals surface area contributed by atoms with Gasteiger partial charge in [-0.1, -0.05) is 49.7 Å². The first-order chi connectivity index (χ1) is 11.5. The summed E-state index contributed by atoms with van der Waals surface area (Å²) < 4.78 is 4.99. The number of rotatable bonds is 6. The lowest BCUT2D eigenvalue weighted by atomic mass is 9.99. The number of amides is 1. The monoisotopic (exact) mass is 345 g/mol. The summed E-state index contributed by atoms with van der Waals surface area (Å²) in [5.41, 5.74) is 2.13. The van der Waals surface area contributed by atoms with Crippen molar-refractivity contribution in [1.29, 1.82) is 0 Å². The van der Waals surface area contributed by atoms with Gasteiger partial charge in [0, 0.05) is 5.69 Å². The summed E-state index contributed by atoms with van der Waals surface area (Å²) in [4.78, 5) is 23.8. The molecule has 0 aromatic heterocycles. The van der Waals surface area contributed by atoms with Gasteiger partial charge >= 0.3 is 5.97 Å². The molecular formula is C19H20ClNO3. The molecule has 2 aromatic rings. The summed E-state index contributed by atoms with van der Waals surface area (Å²) in [6.07, 6.45) is 1.06. The van der Waals surface area contributed by atoms with Crippen LogP contribution in [-0.4, -0.2) is 18.5 Å². The van der Waals surface area contributed by atoms with Crippen molar-refractivity contribution in [1.82, 2.24) is 0 Å². The average molecular weight is 346 g/mol. The molecule has 2 rings (SSSR count). The Morgan fingerprint density at radius 1 is 1.12 bits per heavy atom. The molecule has 1 amide bonds. The molecule has 0 saturated heterocycles. The second-order valence-corrected chi connectivity index (χ2v) is 5.94. The van der Waals surface area contributed by atoms with Crippen molar-refractivity contribution in [2.24, 2.45) is 0 Å². The first kappa shape index (κ1) is 18.0. The van der Waals surface area contributed by atoms with Gasteiger partial charge in [-0.2, -0.15) is 0 Å². The summed E-state index contributed by atoms with van der Waals surface area (Å²) in [5, 5.41) is 2.99. The minimum absolute atomic E-state index is 0.241. The number of esters is 1. The normalized spacial score (nSPS) is 11.6. The zero-order valence-corrected chi connectivity index (χ0v) is 14.5. The van der Waals surface area contributed by atoms with Crippen molar-refractivity contribution >= 4 is 29.2 Å². The Morgan fingerprint density at radius 3 is 2.42 bits per heavy atom. The van der Waals surface area contributed by atoms with Crippen molar-refractivity contribution in [3.8, 4) is 0 Å². The van der Waals surface area contributed by atoms with E-state index in [-0.39, 0.29) is 12.2 Å². The van der Waals surface area contributed by atoms with Gasteiger partial charge < -0.3 is 10.1 Å². The summed E-state index contributed by atoms with van der Waals surface area (Å²) >= 11 is 5.92. The minimum atomic E-state index is -0.622. The molecule has 1 N–H and O–H groups in total. The van der Waals surface area contributed by atoms with Crippen LogP contribution in [0.1, 0.15) is 42.1 Å². The topological polar surface area (TPSA) is 55.4 Å². The van der Waals surface area contributed by atoms with E-state index >= 15 is 0 Å². The molecule has 4 nitrogen and oxygen atoms in total. The molecule has 126 valence electrons. The average Bonchev–Trinajstić information content (AvgIpc) is 2.60. The van der Waals surface area contributed by atoms with E-state index in [4.69, 9.17) is 16.3 Å². The lowest BCUT2D eigenvalue weighted by molar-refractivity contribution is -0.119. The molecule has 0 saturated carbocycles. The van der Waals surface area contributed by atoms with Crippen LogP contribution in [0.5, 0.6) is 0 Å². The highest BCUT2D eigenvalue weighted by Crippen LogP contribution is 2.20. The predicted octanol–water partition coefficient (Wildman–Crippen LogP) is 4.65. The van der Waals surface area contributed by atoms with Crippen molar-refractivity contribution in [3.63, 3.8) is 0 Å². The standard InChI is InChI=1S/C19H20ClNO3/c1-3-13(2)14-8-10-15(11-9-14)21-18(22)12-24-19(23)16-6-4-5-7-17(16)20/h4-11,13H,3,12H2,1-2H3,(H,21,22)/t13-/m0/s1. The number of halogens is 1. The van der Waals surface area contributed by atoms with Gasteiger partial charge in [-0.3, -0.25) is 4.79 Å². The molecule has 0 radical (unpaired) electrons. The number of benzene rings is 2. The van der Waals surface area contributed by atoms with Gasteiger partial charge in [-0.25, -0.2) is 4.79 Å². The van der Waals surface area contributed by atoms with Gasteiger partial charge in [-0.05, 0) is 42.2 Å². The first-order valence-corrected chi connectivity index (χ1v) is 8.20. The highest BCUT2D eigenvalue weighted by atomic mass is 35.5. The van der Waals surface area contributed by atoms with Gasteiger partial charge in [-0.15, -0.1) is 0 Å². The quantitative estimate of drug-likeness (QED) is 0.775. The molecule has 5 heteroatoms. The highest BCUT2D eigenvalue weighted by molar-refractivity contribution is 6.33. The number of hydrogen-bond acceptors (Lipinski definition) is 3. The second-order valence-electron chi connectivity index (χ2n) is 5.54. The maximum absolute atomic E-state index is 11.9. The Hall–Kier alpha value is -2.33. The van der Waals surface area contributed by atoms with Gasteiger partial charge in [0.25, 0.3) is 5.91 Å². The minimum Gasteiger partial charge on any atom is -0.452 e. The van der Waals surface area contributed by atoms with Crippen LogP contribution in [0.3, 0.4) is 0 Å². The molecule has 0 unspecified atom stereocenters. The SMILES string of the molecule is CC[C@H](C)c1ccc(NC(=O)COC(=O)c2ccccc2Cl)cc1. The molecule has 0 aliphatic rings. The third-order valence-corrected chi connectivity index (χ3v) is 4.13. The number of nitrogens with one attached hydrogen (secondary N) is 1. The van der Waals surface area contributed by atoms with Crippen LogP contribution in [0.15, 0.2) is 48.5 Å². The van der Waals surface area contributed by atoms with Gasteiger partial charge in [0.05, 0.1) is 10.6 Å². The zero-order chi connectivity index (χ0) is 17.5. The first-order valence-electron chi connectivity index (χ1n) is 7.82. The highest BCUT2D eigenvalue weighted by Gasteiger charge is 2.13. The zero-order valence-electron chi connectivity index (χ0n) is 13.7. The van der Waals surface area contributed by atoms with E-state index in [1.165, 1.54) is 5.56 Å². The van der Waals surface area contributed by atoms with Crippen LogP contribution in [0, 0.1) is 0 Å². The largest absolute Gasteiger partial charge is 0.452 e. The fraction of sp³-hybridized carbons (Fsp3) is 0.263. The number of ether oxygens (including phenoxy) is 1. The Labute approximate surface area is 146 Å². The second kappa shape index (κ2) is 8.50. The van der Waals surface area contributed by atoms with Crippen molar-refractivity contribution in [3.05, 3.63) is 64.7 Å². The van der Waals surface area contributed by atoms with Crippen molar-refractivity contribution < 1.29 is 14.3 Å². The molecule has 0 bridgehead atoms. The third kappa shape index (κ3) is 4.83.